The number of benzene rings is 10. The highest BCUT2D eigenvalue weighted by atomic mass is 16.5. The molecule has 0 spiro atoms. The van der Waals surface area contributed by atoms with Gasteiger partial charge in [-0.1, -0.05) is 146 Å². The number of hydrogen-bond donors (Lipinski definition) is 0. The molecular formula is C64H60N2O2. The smallest absolute Gasteiger partial charge is 0.119 e. The van der Waals surface area contributed by atoms with Gasteiger partial charge in [-0.15, -0.1) is 0 Å². The van der Waals surface area contributed by atoms with E-state index in [-0.39, 0.29) is 0 Å². The van der Waals surface area contributed by atoms with Gasteiger partial charge in [-0.3, -0.25) is 0 Å². The van der Waals surface area contributed by atoms with E-state index in [2.05, 4.69) is 233 Å². The van der Waals surface area contributed by atoms with E-state index in [1.54, 1.807) is 0 Å². The molecule has 0 aliphatic rings. The molecule has 0 saturated carbocycles. The number of hydrogen-bond acceptors (Lipinski definition) is 4. The summed E-state index contributed by atoms with van der Waals surface area (Å²) in [5.74, 6) is 1.79. The minimum absolute atomic E-state index is 0.711. The molecule has 0 fully saturated rings. The number of aryl methyl sites for hydroxylation is 4. The van der Waals surface area contributed by atoms with Gasteiger partial charge in [-0.05, 0) is 158 Å². The van der Waals surface area contributed by atoms with E-state index in [0.717, 1.165) is 82.4 Å². The van der Waals surface area contributed by atoms with Gasteiger partial charge in [-0.2, -0.15) is 0 Å². The largest absolute Gasteiger partial charge is 0.494 e. The van der Waals surface area contributed by atoms with Crippen LogP contribution in [0.1, 0.15) is 61.8 Å². The van der Waals surface area contributed by atoms with Crippen LogP contribution in [0.5, 0.6) is 11.5 Å². The number of anilines is 6. The Kier molecular flexibility index (Phi) is 12.6. The number of unbranched alkanes of at least 4 members (excludes halogenated alkanes) is 2. The van der Waals surface area contributed by atoms with E-state index in [0.29, 0.717) is 13.2 Å². The van der Waals surface area contributed by atoms with Crippen molar-refractivity contribution in [1.82, 2.24) is 0 Å². The first-order valence-electron chi connectivity index (χ1n) is 24.4. The van der Waals surface area contributed by atoms with Crippen LogP contribution in [-0.2, 0) is 0 Å². The molecule has 4 heteroatoms. The first-order valence-corrected chi connectivity index (χ1v) is 24.4. The van der Waals surface area contributed by atoms with Crippen molar-refractivity contribution in [2.75, 3.05) is 23.0 Å². The average molecular weight is 889 g/mol. The van der Waals surface area contributed by atoms with Gasteiger partial charge in [0.1, 0.15) is 11.5 Å². The van der Waals surface area contributed by atoms with Crippen LogP contribution >= 0.6 is 0 Å². The zero-order chi connectivity index (χ0) is 46.7. The summed E-state index contributed by atoms with van der Waals surface area (Å²) >= 11 is 0. The lowest BCUT2D eigenvalue weighted by molar-refractivity contribution is 0.309. The SMILES string of the molecule is CCCCOc1ccc(-c2cc(N(c3ccc(C)cc3)c3ccc(C)cc3)c3ccc4c(-c5ccc(OCCCC)cc5)cc(N(c5ccc(C)cc5)c5ccc(C)cc5)c5ccc2c3c45)cc1. The molecule has 0 aliphatic heterocycles. The van der Waals surface area contributed by atoms with Crippen LogP contribution in [-0.4, -0.2) is 13.2 Å². The van der Waals surface area contributed by atoms with Gasteiger partial charge in [0.15, 0.2) is 0 Å². The zero-order valence-electron chi connectivity index (χ0n) is 40.3. The fourth-order valence-electron chi connectivity index (χ4n) is 9.56. The second kappa shape index (κ2) is 19.3. The molecule has 0 amide bonds. The normalized spacial score (nSPS) is 11.4. The Morgan fingerprint density at radius 3 is 0.926 bits per heavy atom. The van der Waals surface area contributed by atoms with Crippen LogP contribution < -0.4 is 19.3 Å². The minimum Gasteiger partial charge on any atom is -0.494 e. The van der Waals surface area contributed by atoms with E-state index in [1.165, 1.54) is 65.7 Å². The average Bonchev–Trinajstić information content (AvgIpc) is 3.36. The maximum Gasteiger partial charge on any atom is 0.119 e. The van der Waals surface area contributed by atoms with Gasteiger partial charge in [0.2, 0.25) is 0 Å². The van der Waals surface area contributed by atoms with Crippen LogP contribution in [0.15, 0.2) is 182 Å². The van der Waals surface area contributed by atoms with Crippen molar-refractivity contribution in [2.24, 2.45) is 0 Å². The Bertz CT molecular complexity index is 2980. The quantitative estimate of drug-likeness (QED) is 0.0713. The number of rotatable bonds is 16. The molecule has 0 atom stereocenters. The summed E-state index contributed by atoms with van der Waals surface area (Å²) in [7, 11) is 0. The molecule has 0 N–H and O–H groups in total. The highest BCUT2D eigenvalue weighted by Gasteiger charge is 2.26. The highest BCUT2D eigenvalue weighted by molar-refractivity contribution is 6.32. The summed E-state index contributed by atoms with van der Waals surface area (Å²) in [6, 6.07) is 67.5. The van der Waals surface area contributed by atoms with Crippen molar-refractivity contribution in [3.8, 4) is 33.8 Å². The van der Waals surface area contributed by atoms with Crippen molar-refractivity contribution in [2.45, 2.75) is 67.2 Å². The molecule has 0 saturated heterocycles. The van der Waals surface area contributed by atoms with Gasteiger partial charge in [0.05, 0.1) is 24.6 Å². The predicted octanol–water partition coefficient (Wildman–Crippen LogP) is 18.4. The molecule has 0 aliphatic carbocycles. The van der Waals surface area contributed by atoms with Gasteiger partial charge >= 0.3 is 0 Å². The van der Waals surface area contributed by atoms with Crippen molar-refractivity contribution in [3.05, 3.63) is 204 Å². The third-order valence-electron chi connectivity index (χ3n) is 13.4. The first-order chi connectivity index (χ1) is 33.3. The summed E-state index contributed by atoms with van der Waals surface area (Å²) in [4.78, 5) is 4.89. The molecule has 10 aromatic rings. The lowest BCUT2D eigenvalue weighted by atomic mass is 9.85. The van der Waals surface area contributed by atoms with E-state index >= 15 is 0 Å². The van der Waals surface area contributed by atoms with Crippen molar-refractivity contribution in [3.63, 3.8) is 0 Å². The third-order valence-corrected chi connectivity index (χ3v) is 13.4. The predicted molar refractivity (Wildman–Crippen MR) is 290 cm³/mol. The van der Waals surface area contributed by atoms with Crippen LogP contribution in [0.2, 0.25) is 0 Å². The van der Waals surface area contributed by atoms with Crippen molar-refractivity contribution >= 4 is 66.4 Å². The first kappa shape index (κ1) is 44.3. The number of nitrogens with zero attached hydrogens (tertiary/aromatic N) is 2. The summed E-state index contributed by atoms with van der Waals surface area (Å²) < 4.78 is 12.4. The lowest BCUT2D eigenvalue weighted by Gasteiger charge is -2.31. The summed E-state index contributed by atoms with van der Waals surface area (Å²) in [5, 5.41) is 7.24. The lowest BCUT2D eigenvalue weighted by Crippen LogP contribution is -2.12. The molecule has 10 rings (SSSR count). The number of ether oxygens (including phenoxy) is 2. The Labute approximate surface area is 402 Å². The third kappa shape index (κ3) is 8.75. The van der Waals surface area contributed by atoms with Gasteiger partial charge < -0.3 is 19.3 Å². The van der Waals surface area contributed by atoms with Crippen LogP contribution in [0, 0.1) is 27.7 Å². The molecule has 10 aromatic carbocycles. The van der Waals surface area contributed by atoms with Crippen LogP contribution in [0.25, 0.3) is 54.6 Å². The van der Waals surface area contributed by atoms with Gasteiger partial charge in [-0.25, -0.2) is 0 Å². The fourth-order valence-corrected chi connectivity index (χ4v) is 9.56. The molecule has 0 radical (unpaired) electrons. The van der Waals surface area contributed by atoms with Gasteiger partial charge in [0.25, 0.3) is 0 Å². The molecular weight excluding hydrogens is 829 g/mol. The maximum atomic E-state index is 6.20. The second-order valence-corrected chi connectivity index (χ2v) is 18.4. The minimum atomic E-state index is 0.711. The fraction of sp³-hybridized carbons (Fsp3) is 0.188. The zero-order valence-corrected chi connectivity index (χ0v) is 40.3. The van der Waals surface area contributed by atoms with E-state index in [9.17, 15) is 0 Å². The van der Waals surface area contributed by atoms with Crippen LogP contribution in [0.3, 0.4) is 0 Å². The molecule has 0 heterocycles. The Balaban J connectivity index is 1.31. The molecule has 0 aromatic heterocycles. The standard InChI is InChI=1S/C64H60N2O2/c1-7-9-39-67-53-31-19-47(20-32-53)59-41-61(65(49-23-11-43(3)12-24-49)50-25-13-44(4)14-26-50)57-38-36-56-60(48-21-33-54(34-22-48)68-40-10-8-2)42-62(58-37-35-55(59)63(57)64(56)58)66(51-27-15-45(5)16-28-51)52-29-17-46(6)18-30-52/h11-38,41-42H,7-10,39-40H2,1-6H3. The Morgan fingerprint density at radius 2 is 0.632 bits per heavy atom. The van der Waals surface area contributed by atoms with Crippen molar-refractivity contribution in [1.29, 1.82) is 0 Å². The summed E-state index contributed by atoms with van der Waals surface area (Å²) in [6.45, 7) is 14.4. The summed E-state index contributed by atoms with van der Waals surface area (Å²) in [6.07, 6.45) is 4.25. The van der Waals surface area contributed by atoms with Crippen LogP contribution in [0.4, 0.5) is 34.1 Å². The highest BCUT2D eigenvalue weighted by Crippen LogP contribution is 2.52. The summed E-state index contributed by atoms with van der Waals surface area (Å²) in [5.41, 5.74) is 16.2. The maximum absolute atomic E-state index is 6.20. The second-order valence-electron chi connectivity index (χ2n) is 18.4. The molecule has 0 unspecified atom stereocenters. The van der Waals surface area contributed by atoms with Crippen molar-refractivity contribution < 1.29 is 9.47 Å². The van der Waals surface area contributed by atoms with Gasteiger partial charge in [0, 0.05) is 44.3 Å². The Morgan fingerprint density at radius 1 is 0.338 bits per heavy atom. The Hall–Kier alpha value is -7.56. The van der Waals surface area contributed by atoms with E-state index < -0.39 is 0 Å². The van der Waals surface area contributed by atoms with E-state index in [1.807, 2.05) is 0 Å². The molecule has 68 heavy (non-hydrogen) atoms. The topological polar surface area (TPSA) is 24.9 Å². The van der Waals surface area contributed by atoms with E-state index in [4.69, 9.17) is 9.47 Å². The molecule has 0 bridgehead atoms. The molecule has 338 valence electrons. The monoisotopic (exact) mass is 888 g/mol. The molecule has 4 nitrogen and oxygen atoms in total.